The van der Waals surface area contributed by atoms with E-state index >= 15 is 0 Å². The van der Waals surface area contributed by atoms with E-state index in [2.05, 4.69) is 251 Å². The number of para-hydroxylation sites is 6. The summed E-state index contributed by atoms with van der Waals surface area (Å²) in [5.74, 6) is 0. The molecule has 4 heteroatoms. The molecule has 3 aromatic heterocycles. The molecule has 14 aromatic rings. The van der Waals surface area contributed by atoms with Crippen molar-refractivity contribution in [2.75, 3.05) is 4.90 Å². The van der Waals surface area contributed by atoms with E-state index in [9.17, 15) is 0 Å². The van der Waals surface area contributed by atoms with Crippen LogP contribution < -0.4 is 4.90 Å². The van der Waals surface area contributed by atoms with Crippen molar-refractivity contribution in [3.63, 3.8) is 0 Å². The maximum Gasteiger partial charge on any atom is 0.143 e. The number of benzene rings is 11. The van der Waals surface area contributed by atoms with E-state index in [1.54, 1.807) is 0 Å². The molecule has 14 rings (SSSR count). The van der Waals surface area contributed by atoms with Gasteiger partial charge in [0.25, 0.3) is 0 Å². The summed E-state index contributed by atoms with van der Waals surface area (Å²) < 4.78 is 11.3. The Bertz CT molecular complexity index is 4200. The second kappa shape index (κ2) is 15.2. The Morgan fingerprint density at radius 1 is 0.294 bits per heavy atom. The monoisotopic (exact) mass is 867 g/mol. The first kappa shape index (κ1) is 38.2. The van der Waals surface area contributed by atoms with Gasteiger partial charge in [0.1, 0.15) is 11.2 Å². The molecule has 4 nitrogen and oxygen atoms in total. The lowest BCUT2D eigenvalue weighted by atomic mass is 9.95. The highest BCUT2D eigenvalue weighted by atomic mass is 16.3. The molecule has 0 radical (unpaired) electrons. The minimum Gasteiger partial charge on any atom is -0.455 e. The predicted molar refractivity (Wildman–Crippen MR) is 285 cm³/mol. The fourth-order valence-electron chi connectivity index (χ4n) is 10.9. The van der Waals surface area contributed by atoms with Crippen molar-refractivity contribution in [2.24, 2.45) is 0 Å². The van der Waals surface area contributed by atoms with Crippen molar-refractivity contribution in [3.8, 4) is 33.6 Å². The molecule has 11 aromatic carbocycles. The van der Waals surface area contributed by atoms with Crippen LogP contribution >= 0.6 is 0 Å². The molecule has 3 heterocycles. The topological polar surface area (TPSA) is 26.2 Å². The molecule has 0 spiro atoms. The zero-order valence-electron chi connectivity index (χ0n) is 36.9. The van der Waals surface area contributed by atoms with Gasteiger partial charge in [0, 0.05) is 66.0 Å². The number of anilines is 3. The van der Waals surface area contributed by atoms with Crippen molar-refractivity contribution in [2.45, 2.75) is 0 Å². The Hall–Kier alpha value is -9.12. The summed E-state index contributed by atoms with van der Waals surface area (Å²) in [5.41, 5.74) is 16.6. The van der Waals surface area contributed by atoms with E-state index in [4.69, 9.17) is 4.42 Å². The summed E-state index contributed by atoms with van der Waals surface area (Å²) in [6, 6.07) is 90.0. The number of hydrogen-bond acceptors (Lipinski definition) is 2. The summed E-state index contributed by atoms with van der Waals surface area (Å²) in [6.45, 7) is 0. The molecule has 0 atom stereocenters. The highest BCUT2D eigenvalue weighted by Crippen LogP contribution is 2.45. The molecule has 0 bridgehead atoms. The third-order valence-electron chi connectivity index (χ3n) is 13.9. The van der Waals surface area contributed by atoms with Crippen LogP contribution in [0.4, 0.5) is 17.1 Å². The number of nitrogens with zero attached hydrogens (tertiary/aromatic N) is 3. The highest BCUT2D eigenvalue weighted by molar-refractivity contribution is 6.14. The SMILES string of the molecule is c1ccc(-n2c3ccccc3c3cc(-c4ccc(N(c5ccc(-c6cccc7c6oc6ccccc67)cc5)c5ccc(-n6c7ccccc7c7ccccc76)cc5)c5ccccc45)ccc32)cc1. The maximum atomic E-state index is 6.50. The van der Waals surface area contributed by atoms with E-state index in [-0.39, 0.29) is 0 Å². The Balaban J connectivity index is 0.929. The summed E-state index contributed by atoms with van der Waals surface area (Å²) >= 11 is 0. The van der Waals surface area contributed by atoms with E-state index in [0.717, 1.165) is 61.5 Å². The standard InChI is InChI=1S/C64H41N3O/c1-2-15-44(16-3-1)66-60-27-12-8-21-54(60)57-41-43(31-39-62(57)66)48-38-40-61(51-18-5-4-17-50(48)51)65(45-32-29-42(30-33-45)49-23-14-24-56-55-22-9-13-28-63(55)68-64(49)56)46-34-36-47(37-35-46)67-58-25-10-6-19-52(58)53-20-7-11-26-59(53)67/h1-41H. The Morgan fingerprint density at radius 2 is 0.794 bits per heavy atom. The van der Waals surface area contributed by atoms with E-state index in [0.29, 0.717) is 0 Å². The van der Waals surface area contributed by atoms with Gasteiger partial charge in [0.15, 0.2) is 0 Å². The number of hydrogen-bond donors (Lipinski definition) is 0. The lowest BCUT2D eigenvalue weighted by molar-refractivity contribution is 0.670. The predicted octanol–water partition coefficient (Wildman–Crippen LogP) is 17.7. The van der Waals surface area contributed by atoms with Gasteiger partial charge in [-0.25, -0.2) is 0 Å². The van der Waals surface area contributed by atoms with Crippen LogP contribution in [0, 0.1) is 0 Å². The van der Waals surface area contributed by atoms with Gasteiger partial charge in [-0.15, -0.1) is 0 Å². The lowest BCUT2D eigenvalue weighted by Crippen LogP contribution is -2.11. The quantitative estimate of drug-likeness (QED) is 0.160. The van der Waals surface area contributed by atoms with Crippen molar-refractivity contribution < 1.29 is 4.42 Å². The fourth-order valence-corrected chi connectivity index (χ4v) is 10.9. The molecule has 0 aliphatic rings. The van der Waals surface area contributed by atoms with Gasteiger partial charge in [0.05, 0.1) is 27.8 Å². The zero-order valence-corrected chi connectivity index (χ0v) is 36.9. The van der Waals surface area contributed by atoms with Gasteiger partial charge in [-0.2, -0.15) is 0 Å². The second-order valence-corrected chi connectivity index (χ2v) is 17.6. The highest BCUT2D eigenvalue weighted by Gasteiger charge is 2.21. The average Bonchev–Trinajstić information content (AvgIpc) is 4.07. The molecule has 0 amide bonds. The van der Waals surface area contributed by atoms with Crippen LogP contribution in [0.1, 0.15) is 0 Å². The van der Waals surface area contributed by atoms with Crippen molar-refractivity contribution in [1.82, 2.24) is 9.13 Å². The van der Waals surface area contributed by atoms with Crippen LogP contribution in [-0.4, -0.2) is 9.13 Å². The summed E-state index contributed by atoms with van der Waals surface area (Å²) in [5, 5.41) is 9.59. The van der Waals surface area contributed by atoms with E-state index in [1.807, 2.05) is 12.1 Å². The van der Waals surface area contributed by atoms with Crippen LogP contribution in [0.15, 0.2) is 253 Å². The Labute approximate surface area is 392 Å². The van der Waals surface area contributed by atoms with Gasteiger partial charge in [-0.05, 0) is 113 Å². The van der Waals surface area contributed by atoms with Crippen molar-refractivity contribution in [3.05, 3.63) is 249 Å². The van der Waals surface area contributed by atoms with Crippen molar-refractivity contribution in [1.29, 1.82) is 0 Å². The summed E-state index contributed by atoms with van der Waals surface area (Å²) in [6.07, 6.45) is 0. The van der Waals surface area contributed by atoms with Gasteiger partial charge < -0.3 is 18.5 Å². The second-order valence-electron chi connectivity index (χ2n) is 17.6. The molecular weight excluding hydrogens is 827 g/mol. The molecule has 0 N–H and O–H groups in total. The van der Waals surface area contributed by atoms with Crippen LogP contribution in [0.3, 0.4) is 0 Å². The number of furan rings is 1. The first-order chi connectivity index (χ1) is 33.7. The van der Waals surface area contributed by atoms with Gasteiger partial charge >= 0.3 is 0 Å². The Morgan fingerprint density at radius 3 is 1.47 bits per heavy atom. The normalized spacial score (nSPS) is 11.8. The lowest BCUT2D eigenvalue weighted by Gasteiger charge is -2.28. The maximum absolute atomic E-state index is 6.50. The molecule has 0 fully saturated rings. The minimum absolute atomic E-state index is 0.899. The molecule has 0 saturated carbocycles. The fraction of sp³-hybridized carbons (Fsp3) is 0. The molecule has 0 aliphatic carbocycles. The molecule has 0 saturated heterocycles. The van der Waals surface area contributed by atoms with Crippen LogP contribution in [0.25, 0.3) is 110 Å². The van der Waals surface area contributed by atoms with Crippen LogP contribution in [0.5, 0.6) is 0 Å². The summed E-state index contributed by atoms with van der Waals surface area (Å²) in [7, 11) is 0. The zero-order chi connectivity index (χ0) is 44.7. The van der Waals surface area contributed by atoms with Gasteiger partial charge in [0.2, 0.25) is 0 Å². The first-order valence-electron chi connectivity index (χ1n) is 23.3. The van der Waals surface area contributed by atoms with Crippen LogP contribution in [-0.2, 0) is 0 Å². The smallest absolute Gasteiger partial charge is 0.143 e. The van der Waals surface area contributed by atoms with Gasteiger partial charge in [-0.1, -0.05) is 158 Å². The first-order valence-corrected chi connectivity index (χ1v) is 23.3. The third-order valence-corrected chi connectivity index (χ3v) is 13.9. The Kier molecular flexibility index (Phi) is 8.55. The number of aromatic nitrogens is 2. The van der Waals surface area contributed by atoms with E-state index < -0.39 is 0 Å². The molecule has 0 aliphatic heterocycles. The molecule has 0 unspecified atom stereocenters. The van der Waals surface area contributed by atoms with Gasteiger partial charge in [-0.3, -0.25) is 0 Å². The van der Waals surface area contributed by atoms with E-state index in [1.165, 1.54) is 65.5 Å². The third kappa shape index (κ3) is 5.87. The summed E-state index contributed by atoms with van der Waals surface area (Å²) in [4.78, 5) is 2.41. The minimum atomic E-state index is 0.899. The van der Waals surface area contributed by atoms with Crippen molar-refractivity contribution >= 4 is 93.4 Å². The largest absolute Gasteiger partial charge is 0.455 e. The number of rotatable bonds is 7. The molecule has 318 valence electrons. The molecule has 68 heavy (non-hydrogen) atoms. The average molecular weight is 868 g/mol. The molecular formula is C64H41N3O. The van der Waals surface area contributed by atoms with Crippen LogP contribution in [0.2, 0.25) is 0 Å². The number of fused-ring (bicyclic) bond motifs is 10.